The van der Waals surface area contributed by atoms with E-state index in [1.54, 1.807) is 0 Å². The van der Waals surface area contributed by atoms with Crippen LogP contribution in [-0.2, 0) is 17.7 Å². The minimum atomic E-state index is -0.895. The van der Waals surface area contributed by atoms with Crippen molar-refractivity contribution in [3.63, 3.8) is 0 Å². The van der Waals surface area contributed by atoms with E-state index in [1.807, 2.05) is 4.68 Å². The van der Waals surface area contributed by atoms with Crippen LogP contribution in [0.5, 0.6) is 0 Å². The van der Waals surface area contributed by atoms with E-state index in [4.69, 9.17) is 4.74 Å². The molecule has 0 unspecified atom stereocenters. The maximum atomic E-state index is 11.3. The quantitative estimate of drug-likeness (QED) is 0.843. The predicted molar refractivity (Wildman–Crippen MR) is 60.3 cm³/mol. The van der Waals surface area contributed by atoms with Crippen molar-refractivity contribution in [1.82, 2.24) is 9.78 Å². The van der Waals surface area contributed by atoms with E-state index in [2.05, 4.69) is 5.10 Å². The fraction of sp³-hybridized carbons (Fsp3) is 0.667. The Hall–Kier alpha value is -1.36. The molecule has 2 aliphatic heterocycles. The van der Waals surface area contributed by atoms with Crippen LogP contribution in [-0.4, -0.2) is 34.1 Å². The average Bonchev–Trinajstić information content (AvgIpc) is 2.89. The largest absolute Gasteiger partial charge is 0.476 e. The highest BCUT2D eigenvalue weighted by Gasteiger charge is 2.31. The molecule has 0 bridgehead atoms. The minimum absolute atomic E-state index is 0.270. The van der Waals surface area contributed by atoms with Crippen LogP contribution in [0.1, 0.15) is 46.9 Å². The zero-order valence-corrected chi connectivity index (χ0v) is 9.69. The predicted octanol–water partition coefficient (Wildman–Crippen LogP) is 1.42. The van der Waals surface area contributed by atoms with Crippen LogP contribution in [0.25, 0.3) is 0 Å². The monoisotopic (exact) mass is 236 g/mol. The zero-order valence-electron chi connectivity index (χ0n) is 9.69. The number of aromatic carboxylic acids is 1. The molecule has 0 aromatic carbocycles. The maximum Gasteiger partial charge on any atom is 0.356 e. The lowest BCUT2D eigenvalue weighted by Crippen LogP contribution is -2.17. The van der Waals surface area contributed by atoms with Crippen molar-refractivity contribution in [3.8, 4) is 0 Å². The van der Waals surface area contributed by atoms with Crippen molar-refractivity contribution in [2.45, 2.75) is 38.1 Å². The van der Waals surface area contributed by atoms with Crippen LogP contribution in [0.4, 0.5) is 0 Å². The van der Waals surface area contributed by atoms with Crippen molar-refractivity contribution in [3.05, 3.63) is 17.0 Å². The number of ether oxygens (including phenoxy) is 1. The fourth-order valence-corrected chi connectivity index (χ4v) is 2.93. The van der Waals surface area contributed by atoms with Crippen LogP contribution < -0.4 is 0 Å². The number of aryl methyl sites for hydroxylation is 1. The van der Waals surface area contributed by atoms with Crippen LogP contribution in [0.2, 0.25) is 0 Å². The van der Waals surface area contributed by atoms with Gasteiger partial charge in [0.1, 0.15) is 0 Å². The van der Waals surface area contributed by atoms with Gasteiger partial charge in [-0.25, -0.2) is 4.79 Å². The molecule has 17 heavy (non-hydrogen) atoms. The third-order valence-electron chi connectivity index (χ3n) is 3.71. The third kappa shape index (κ3) is 1.74. The van der Waals surface area contributed by atoms with E-state index >= 15 is 0 Å². The molecule has 0 saturated carbocycles. The molecule has 3 rings (SSSR count). The first kappa shape index (κ1) is 10.8. The lowest BCUT2D eigenvalue weighted by molar-refractivity contribution is 0.0678. The molecule has 0 aliphatic carbocycles. The summed E-state index contributed by atoms with van der Waals surface area (Å²) >= 11 is 0. The minimum Gasteiger partial charge on any atom is -0.476 e. The summed E-state index contributed by atoms with van der Waals surface area (Å²) in [6, 6.07) is 0. The smallest absolute Gasteiger partial charge is 0.356 e. The molecular formula is C12H16N2O3. The first-order valence-electron chi connectivity index (χ1n) is 6.18. The molecule has 92 valence electrons. The first-order valence-corrected chi connectivity index (χ1v) is 6.18. The topological polar surface area (TPSA) is 64.3 Å². The molecular weight excluding hydrogens is 220 g/mol. The summed E-state index contributed by atoms with van der Waals surface area (Å²) < 4.78 is 7.23. The van der Waals surface area contributed by atoms with Gasteiger partial charge in [-0.05, 0) is 31.6 Å². The number of nitrogens with zero attached hydrogens (tertiary/aromatic N) is 2. The number of hydrogen-bond acceptors (Lipinski definition) is 3. The summed E-state index contributed by atoms with van der Waals surface area (Å²) in [5.41, 5.74) is 2.40. The van der Waals surface area contributed by atoms with E-state index in [-0.39, 0.29) is 5.69 Å². The lowest BCUT2D eigenvalue weighted by Gasteiger charge is -2.22. The molecule has 0 atom stereocenters. The maximum absolute atomic E-state index is 11.3. The van der Waals surface area contributed by atoms with Crippen molar-refractivity contribution in [1.29, 1.82) is 0 Å². The van der Waals surface area contributed by atoms with Gasteiger partial charge in [0.05, 0.1) is 0 Å². The number of carboxylic acid groups (broad SMARTS) is 1. The van der Waals surface area contributed by atoms with Gasteiger partial charge in [-0.1, -0.05) is 0 Å². The first-order chi connectivity index (χ1) is 8.27. The van der Waals surface area contributed by atoms with Gasteiger partial charge in [0.15, 0.2) is 5.69 Å². The number of carbonyl (C=O) groups is 1. The summed E-state index contributed by atoms with van der Waals surface area (Å²) in [4.78, 5) is 11.3. The van der Waals surface area contributed by atoms with Crippen LogP contribution in [0.15, 0.2) is 0 Å². The molecule has 5 nitrogen and oxygen atoms in total. The second kappa shape index (κ2) is 4.14. The molecule has 0 amide bonds. The van der Waals surface area contributed by atoms with Crippen molar-refractivity contribution >= 4 is 5.97 Å². The van der Waals surface area contributed by atoms with E-state index in [9.17, 15) is 9.90 Å². The van der Waals surface area contributed by atoms with Gasteiger partial charge in [0, 0.05) is 31.0 Å². The van der Waals surface area contributed by atoms with Crippen LogP contribution in [0.3, 0.4) is 0 Å². The van der Waals surface area contributed by atoms with Crippen molar-refractivity contribution < 1.29 is 14.6 Å². The molecule has 2 aliphatic rings. The highest BCUT2D eigenvalue weighted by atomic mass is 16.5. The zero-order chi connectivity index (χ0) is 11.8. The van der Waals surface area contributed by atoms with Crippen LogP contribution >= 0.6 is 0 Å². The summed E-state index contributed by atoms with van der Waals surface area (Å²) in [6.07, 6.45) is 3.88. The number of aromatic nitrogens is 2. The molecule has 0 spiro atoms. The number of fused-ring (bicyclic) bond motifs is 1. The Labute approximate surface area is 99.4 Å². The SMILES string of the molecule is O=C(O)c1nn2c(c1C1CCOCC1)CCC2. The summed E-state index contributed by atoms with van der Waals surface area (Å²) in [5.74, 6) is -0.579. The molecule has 0 radical (unpaired) electrons. The lowest BCUT2D eigenvalue weighted by atomic mass is 9.89. The second-order valence-corrected chi connectivity index (χ2v) is 4.73. The van der Waals surface area contributed by atoms with E-state index in [0.717, 1.165) is 56.7 Å². The van der Waals surface area contributed by atoms with Gasteiger partial charge >= 0.3 is 5.97 Å². The molecule has 1 saturated heterocycles. The second-order valence-electron chi connectivity index (χ2n) is 4.73. The van der Waals surface area contributed by atoms with Gasteiger partial charge < -0.3 is 9.84 Å². The summed E-state index contributed by atoms with van der Waals surface area (Å²) in [5, 5.41) is 13.5. The Kier molecular flexibility index (Phi) is 2.63. The Balaban J connectivity index is 2.03. The van der Waals surface area contributed by atoms with Gasteiger partial charge in [0.25, 0.3) is 0 Å². The molecule has 5 heteroatoms. The highest BCUT2D eigenvalue weighted by molar-refractivity contribution is 5.87. The highest BCUT2D eigenvalue weighted by Crippen LogP contribution is 2.34. The average molecular weight is 236 g/mol. The molecule has 1 fully saturated rings. The summed E-state index contributed by atoms with van der Waals surface area (Å²) in [6.45, 7) is 2.32. The normalized spacial score (nSPS) is 20.5. The van der Waals surface area contributed by atoms with Crippen LogP contribution in [0, 0.1) is 0 Å². The number of hydrogen-bond donors (Lipinski definition) is 1. The van der Waals surface area contributed by atoms with Crippen molar-refractivity contribution in [2.24, 2.45) is 0 Å². The van der Waals surface area contributed by atoms with Crippen molar-refractivity contribution in [2.75, 3.05) is 13.2 Å². The third-order valence-corrected chi connectivity index (χ3v) is 3.71. The molecule has 1 N–H and O–H groups in total. The van der Waals surface area contributed by atoms with E-state index < -0.39 is 5.97 Å². The molecule has 3 heterocycles. The van der Waals surface area contributed by atoms with Gasteiger partial charge in [0.2, 0.25) is 0 Å². The van der Waals surface area contributed by atoms with Gasteiger partial charge in [-0.3, -0.25) is 4.68 Å². The number of rotatable bonds is 2. The van der Waals surface area contributed by atoms with Gasteiger partial charge in [-0.15, -0.1) is 0 Å². The van der Waals surface area contributed by atoms with E-state index in [0.29, 0.717) is 5.92 Å². The number of carboxylic acids is 1. The standard InChI is InChI=1S/C12H16N2O3/c15-12(16)11-10(8-3-6-17-7-4-8)9-2-1-5-14(9)13-11/h8H,1-7H2,(H,15,16). The Bertz CT molecular complexity index is 447. The summed E-state index contributed by atoms with van der Waals surface area (Å²) in [7, 11) is 0. The Morgan fingerprint density at radius 3 is 2.88 bits per heavy atom. The molecule has 1 aromatic rings. The van der Waals surface area contributed by atoms with E-state index in [1.165, 1.54) is 0 Å². The van der Waals surface area contributed by atoms with Gasteiger partial charge in [-0.2, -0.15) is 5.10 Å². The fourth-order valence-electron chi connectivity index (χ4n) is 2.93. The Morgan fingerprint density at radius 2 is 2.18 bits per heavy atom. The molecule has 1 aromatic heterocycles. The Morgan fingerprint density at radius 1 is 1.41 bits per heavy atom.